The number of carboxylic acids is 1. The first-order chi connectivity index (χ1) is 7.28. The van der Waals surface area contributed by atoms with Crippen LogP contribution in [0.2, 0.25) is 0 Å². The Kier molecular flexibility index (Phi) is 6.56. The first-order valence-corrected chi connectivity index (χ1v) is 6.21. The van der Waals surface area contributed by atoms with Gasteiger partial charge in [0.25, 0.3) is 0 Å². The zero-order valence-corrected chi connectivity index (χ0v) is 11.5. The lowest BCUT2D eigenvalue weighted by Gasteiger charge is -2.21. The van der Waals surface area contributed by atoms with Gasteiger partial charge in [0.05, 0.1) is 4.99 Å². The molecule has 0 saturated carbocycles. The van der Waals surface area contributed by atoms with Crippen LogP contribution >= 0.6 is 12.2 Å². The molecule has 0 saturated heterocycles. The van der Waals surface area contributed by atoms with Crippen LogP contribution in [0.15, 0.2) is 0 Å². The topological polar surface area (TPSA) is 49.3 Å². The van der Waals surface area contributed by atoms with Gasteiger partial charge in [0.15, 0.2) is 0 Å². The largest absolute Gasteiger partial charge is 0.481 e. The van der Waals surface area contributed by atoms with Crippen molar-refractivity contribution < 1.29 is 9.90 Å². The fraction of sp³-hybridized carbons (Fsp3) is 0.833. The molecule has 0 heterocycles. The molecule has 0 unspecified atom stereocenters. The second kappa shape index (κ2) is 6.84. The third-order valence-corrected chi connectivity index (χ3v) is 3.25. The number of aliphatic carboxylic acids is 1. The van der Waals surface area contributed by atoms with E-state index in [2.05, 4.69) is 19.2 Å². The number of nitrogens with one attached hydrogen (secondary N) is 1. The number of hydrogen-bond acceptors (Lipinski definition) is 2. The Morgan fingerprint density at radius 2 is 1.94 bits per heavy atom. The van der Waals surface area contributed by atoms with E-state index in [9.17, 15) is 4.79 Å². The van der Waals surface area contributed by atoms with Gasteiger partial charge in [-0.25, -0.2) is 0 Å². The van der Waals surface area contributed by atoms with Crippen LogP contribution in [0.3, 0.4) is 0 Å². The molecule has 0 spiro atoms. The second-order valence-corrected chi connectivity index (χ2v) is 5.48. The summed E-state index contributed by atoms with van der Waals surface area (Å²) >= 11 is 5.08. The van der Waals surface area contributed by atoms with Crippen molar-refractivity contribution in [2.24, 2.45) is 11.3 Å². The van der Waals surface area contributed by atoms with Crippen molar-refractivity contribution in [3.05, 3.63) is 0 Å². The van der Waals surface area contributed by atoms with Gasteiger partial charge >= 0.3 is 5.97 Å². The summed E-state index contributed by atoms with van der Waals surface area (Å²) in [4.78, 5) is 11.3. The quantitative estimate of drug-likeness (QED) is 0.535. The number of unbranched alkanes of at least 4 members (excludes halogenated alkanes) is 1. The van der Waals surface area contributed by atoms with E-state index in [0.29, 0.717) is 4.99 Å². The number of thiocarbonyl (C=S) groups is 1. The van der Waals surface area contributed by atoms with Crippen LogP contribution in [0.5, 0.6) is 0 Å². The first-order valence-electron chi connectivity index (χ1n) is 5.80. The normalized spacial score (nSPS) is 11.6. The third-order valence-electron chi connectivity index (χ3n) is 2.60. The molecule has 0 aliphatic carbocycles. The van der Waals surface area contributed by atoms with Crippen LogP contribution in [0.1, 0.15) is 47.0 Å². The molecule has 4 heteroatoms. The van der Waals surface area contributed by atoms with Crippen LogP contribution in [0.25, 0.3) is 0 Å². The van der Waals surface area contributed by atoms with Gasteiger partial charge in [0.1, 0.15) is 5.41 Å². The molecular formula is C12H23NO2S. The molecular weight excluding hydrogens is 222 g/mol. The molecule has 0 rings (SSSR count). The molecule has 0 aromatic rings. The molecule has 0 atom stereocenters. The summed E-state index contributed by atoms with van der Waals surface area (Å²) < 4.78 is 0. The Bertz CT molecular complexity index is 249. The predicted octanol–water partition coefficient (Wildman–Crippen LogP) is 2.84. The van der Waals surface area contributed by atoms with Gasteiger partial charge in [-0.3, -0.25) is 4.79 Å². The van der Waals surface area contributed by atoms with Gasteiger partial charge in [-0.15, -0.1) is 0 Å². The van der Waals surface area contributed by atoms with Crippen molar-refractivity contribution in [1.29, 1.82) is 0 Å². The Balaban J connectivity index is 3.78. The fourth-order valence-corrected chi connectivity index (χ4v) is 1.39. The highest BCUT2D eigenvalue weighted by atomic mass is 32.1. The van der Waals surface area contributed by atoms with Crippen LogP contribution in [0, 0.1) is 11.3 Å². The van der Waals surface area contributed by atoms with Crippen molar-refractivity contribution >= 4 is 23.2 Å². The molecule has 0 aliphatic heterocycles. The molecule has 0 bridgehead atoms. The zero-order valence-electron chi connectivity index (χ0n) is 10.7. The highest BCUT2D eigenvalue weighted by Crippen LogP contribution is 2.16. The van der Waals surface area contributed by atoms with E-state index in [-0.39, 0.29) is 0 Å². The van der Waals surface area contributed by atoms with Gasteiger partial charge in [0, 0.05) is 6.54 Å². The van der Waals surface area contributed by atoms with E-state index >= 15 is 0 Å². The van der Waals surface area contributed by atoms with Crippen LogP contribution in [-0.2, 0) is 4.79 Å². The van der Waals surface area contributed by atoms with Gasteiger partial charge in [-0.1, -0.05) is 38.9 Å². The van der Waals surface area contributed by atoms with Gasteiger partial charge in [-0.2, -0.15) is 0 Å². The van der Waals surface area contributed by atoms with Crippen LogP contribution < -0.4 is 5.32 Å². The maximum atomic E-state index is 10.9. The monoisotopic (exact) mass is 245 g/mol. The Morgan fingerprint density at radius 1 is 1.38 bits per heavy atom. The van der Waals surface area contributed by atoms with Gasteiger partial charge in [-0.05, 0) is 26.2 Å². The molecule has 94 valence electrons. The lowest BCUT2D eigenvalue weighted by molar-refractivity contribution is -0.143. The van der Waals surface area contributed by atoms with Crippen molar-refractivity contribution in [3.63, 3.8) is 0 Å². The van der Waals surface area contributed by atoms with E-state index in [4.69, 9.17) is 17.3 Å². The third kappa shape index (κ3) is 5.45. The van der Waals surface area contributed by atoms with Crippen molar-refractivity contribution in [3.8, 4) is 0 Å². The lowest BCUT2D eigenvalue weighted by Crippen LogP contribution is -2.41. The number of hydrogen-bond donors (Lipinski definition) is 2. The molecule has 0 fully saturated rings. The number of carboxylic acid groups (broad SMARTS) is 1. The van der Waals surface area contributed by atoms with Crippen LogP contribution in [-0.4, -0.2) is 22.6 Å². The average Bonchev–Trinajstić information content (AvgIpc) is 2.16. The van der Waals surface area contributed by atoms with Crippen LogP contribution in [0.4, 0.5) is 0 Å². The minimum atomic E-state index is -0.965. The maximum Gasteiger partial charge on any atom is 0.315 e. The first kappa shape index (κ1) is 15.4. The Hall–Kier alpha value is -0.640. The van der Waals surface area contributed by atoms with E-state index < -0.39 is 11.4 Å². The standard InChI is InChI=1S/C12H23NO2S/c1-9(2)7-5-6-8-13-10(16)12(3,4)11(14)15/h9H,5-8H2,1-4H3,(H,13,16)(H,14,15). The minimum absolute atomic E-state index is 0.421. The molecule has 0 aromatic heterocycles. The maximum absolute atomic E-state index is 10.9. The highest BCUT2D eigenvalue weighted by molar-refractivity contribution is 7.80. The van der Waals surface area contributed by atoms with Crippen molar-refractivity contribution in [2.75, 3.05) is 6.54 Å². The van der Waals surface area contributed by atoms with E-state index in [1.807, 2.05) is 0 Å². The molecule has 0 aromatic carbocycles. The summed E-state index contributed by atoms with van der Waals surface area (Å²) in [5.74, 6) is -0.158. The summed E-state index contributed by atoms with van der Waals surface area (Å²) in [6.07, 6.45) is 3.39. The zero-order chi connectivity index (χ0) is 12.8. The Morgan fingerprint density at radius 3 is 2.38 bits per heavy atom. The second-order valence-electron chi connectivity index (χ2n) is 5.08. The number of carbonyl (C=O) groups is 1. The number of rotatable bonds is 7. The fourth-order valence-electron chi connectivity index (χ4n) is 1.20. The summed E-state index contributed by atoms with van der Waals surface area (Å²) in [6, 6.07) is 0. The van der Waals surface area contributed by atoms with Crippen molar-refractivity contribution in [1.82, 2.24) is 5.32 Å². The van der Waals surface area contributed by atoms with E-state index in [1.165, 1.54) is 6.42 Å². The molecule has 3 nitrogen and oxygen atoms in total. The summed E-state index contributed by atoms with van der Waals surface area (Å²) in [5.41, 5.74) is -0.965. The van der Waals surface area contributed by atoms with E-state index in [1.54, 1.807) is 13.8 Å². The van der Waals surface area contributed by atoms with Crippen molar-refractivity contribution in [2.45, 2.75) is 47.0 Å². The predicted molar refractivity (Wildman–Crippen MR) is 70.7 cm³/mol. The highest BCUT2D eigenvalue weighted by Gasteiger charge is 2.31. The Labute approximate surface area is 104 Å². The lowest BCUT2D eigenvalue weighted by atomic mass is 9.93. The SMILES string of the molecule is CC(C)CCCCNC(=S)C(C)(C)C(=O)O. The molecule has 0 aliphatic rings. The van der Waals surface area contributed by atoms with Gasteiger partial charge < -0.3 is 10.4 Å². The average molecular weight is 245 g/mol. The summed E-state index contributed by atoms with van der Waals surface area (Å²) in [7, 11) is 0. The smallest absolute Gasteiger partial charge is 0.315 e. The molecule has 2 N–H and O–H groups in total. The summed E-state index contributed by atoms with van der Waals surface area (Å²) in [5, 5.41) is 12.0. The molecule has 0 amide bonds. The molecule has 0 radical (unpaired) electrons. The molecule has 16 heavy (non-hydrogen) atoms. The van der Waals surface area contributed by atoms with Gasteiger partial charge in [0.2, 0.25) is 0 Å². The summed E-state index contributed by atoms with van der Waals surface area (Å²) in [6.45, 7) is 8.41. The van der Waals surface area contributed by atoms with E-state index in [0.717, 1.165) is 25.3 Å². The minimum Gasteiger partial charge on any atom is -0.481 e.